The maximum absolute atomic E-state index is 6.35. The predicted octanol–water partition coefficient (Wildman–Crippen LogP) is 3.44. The molecule has 0 unspecified atom stereocenters. The molecule has 1 aliphatic carbocycles. The summed E-state index contributed by atoms with van der Waals surface area (Å²) in [6.45, 7) is 2.56. The van der Waals surface area contributed by atoms with Gasteiger partial charge >= 0.3 is 0 Å². The van der Waals surface area contributed by atoms with E-state index in [-0.39, 0.29) is 5.41 Å². The average Bonchev–Trinajstić information content (AvgIpc) is 2.91. The summed E-state index contributed by atoms with van der Waals surface area (Å²) in [6.07, 6.45) is 4.58. The molecule has 0 saturated heterocycles. The SMILES string of the molecule is COc1c(C2(CN)CCCC2)cc(Cl)c(C)c1OC. The molecule has 2 rings (SSSR count). The van der Waals surface area contributed by atoms with E-state index in [0.717, 1.165) is 35.5 Å². The Hall–Kier alpha value is -0.930. The maximum Gasteiger partial charge on any atom is 0.165 e. The summed E-state index contributed by atoms with van der Waals surface area (Å²) in [5.41, 5.74) is 8.06. The van der Waals surface area contributed by atoms with Crippen molar-refractivity contribution in [3.8, 4) is 11.5 Å². The molecular formula is C15H22ClNO2. The number of nitrogens with two attached hydrogens (primary N) is 1. The van der Waals surface area contributed by atoms with Crippen molar-refractivity contribution >= 4 is 11.6 Å². The zero-order valence-electron chi connectivity index (χ0n) is 11.9. The number of methoxy groups -OCH3 is 2. The van der Waals surface area contributed by atoms with E-state index in [4.69, 9.17) is 26.8 Å². The fourth-order valence-corrected chi connectivity index (χ4v) is 3.37. The highest BCUT2D eigenvalue weighted by Crippen LogP contribution is 2.49. The van der Waals surface area contributed by atoms with Gasteiger partial charge in [-0.05, 0) is 25.8 Å². The fourth-order valence-electron chi connectivity index (χ4n) is 3.18. The second kappa shape index (κ2) is 5.59. The molecule has 1 saturated carbocycles. The molecule has 0 atom stereocenters. The van der Waals surface area contributed by atoms with Crippen LogP contribution in [0.1, 0.15) is 36.8 Å². The number of hydrogen-bond acceptors (Lipinski definition) is 3. The highest BCUT2D eigenvalue weighted by atomic mass is 35.5. The standard InChI is InChI=1S/C15H22ClNO2/c1-10-12(16)8-11(14(19-3)13(10)18-2)15(9-17)6-4-5-7-15/h8H,4-7,9,17H2,1-3H3. The van der Waals surface area contributed by atoms with E-state index in [1.807, 2.05) is 13.0 Å². The van der Waals surface area contributed by atoms with E-state index >= 15 is 0 Å². The van der Waals surface area contributed by atoms with Gasteiger partial charge in [-0.3, -0.25) is 0 Å². The maximum atomic E-state index is 6.35. The molecule has 19 heavy (non-hydrogen) atoms. The normalized spacial score (nSPS) is 17.5. The molecule has 0 radical (unpaired) electrons. The number of ether oxygens (including phenoxy) is 2. The summed E-state index contributed by atoms with van der Waals surface area (Å²) in [6, 6.07) is 2.01. The first kappa shape index (κ1) is 14.5. The summed E-state index contributed by atoms with van der Waals surface area (Å²) >= 11 is 6.35. The zero-order valence-corrected chi connectivity index (χ0v) is 12.6. The predicted molar refractivity (Wildman–Crippen MR) is 78.5 cm³/mol. The second-order valence-corrected chi connectivity index (χ2v) is 5.70. The zero-order chi connectivity index (χ0) is 14.0. The summed E-state index contributed by atoms with van der Waals surface area (Å²) in [4.78, 5) is 0. The molecule has 3 nitrogen and oxygen atoms in total. The molecule has 0 heterocycles. The molecule has 1 aromatic carbocycles. The van der Waals surface area contributed by atoms with Gasteiger partial charge in [0.05, 0.1) is 14.2 Å². The third-order valence-electron chi connectivity index (χ3n) is 4.35. The molecule has 1 aromatic rings. The Morgan fingerprint density at radius 3 is 2.26 bits per heavy atom. The molecule has 0 aromatic heterocycles. The van der Waals surface area contributed by atoms with Crippen molar-refractivity contribution < 1.29 is 9.47 Å². The molecule has 0 aliphatic heterocycles. The monoisotopic (exact) mass is 283 g/mol. The Morgan fingerprint density at radius 2 is 1.79 bits per heavy atom. The minimum absolute atomic E-state index is 0.0179. The topological polar surface area (TPSA) is 44.5 Å². The Balaban J connectivity index is 2.65. The molecule has 106 valence electrons. The lowest BCUT2D eigenvalue weighted by Crippen LogP contribution is -2.32. The van der Waals surface area contributed by atoms with E-state index in [9.17, 15) is 0 Å². The fraction of sp³-hybridized carbons (Fsp3) is 0.600. The van der Waals surface area contributed by atoms with Gasteiger partial charge in [0.1, 0.15) is 0 Å². The van der Waals surface area contributed by atoms with Gasteiger partial charge in [0.25, 0.3) is 0 Å². The van der Waals surface area contributed by atoms with Crippen molar-refractivity contribution in [3.05, 3.63) is 22.2 Å². The van der Waals surface area contributed by atoms with Crippen molar-refractivity contribution in [2.75, 3.05) is 20.8 Å². The minimum atomic E-state index is -0.0179. The van der Waals surface area contributed by atoms with Crippen LogP contribution in [-0.2, 0) is 5.41 Å². The molecule has 4 heteroatoms. The van der Waals surface area contributed by atoms with Crippen molar-refractivity contribution in [1.29, 1.82) is 0 Å². The third kappa shape index (κ3) is 2.30. The molecule has 0 spiro atoms. The summed E-state index contributed by atoms with van der Waals surface area (Å²) in [5, 5.41) is 0.715. The molecule has 1 aliphatic rings. The first-order valence-electron chi connectivity index (χ1n) is 6.71. The number of halogens is 1. The van der Waals surface area contributed by atoms with Crippen molar-refractivity contribution in [1.82, 2.24) is 0 Å². The lowest BCUT2D eigenvalue weighted by atomic mass is 9.78. The average molecular weight is 284 g/mol. The van der Waals surface area contributed by atoms with Gasteiger partial charge in [-0.25, -0.2) is 0 Å². The first-order valence-corrected chi connectivity index (χ1v) is 7.09. The Labute approximate surface area is 120 Å². The van der Waals surface area contributed by atoms with E-state index in [1.54, 1.807) is 14.2 Å². The van der Waals surface area contributed by atoms with Crippen LogP contribution in [0, 0.1) is 6.92 Å². The van der Waals surface area contributed by atoms with Gasteiger partial charge in [0.15, 0.2) is 11.5 Å². The summed E-state index contributed by atoms with van der Waals surface area (Å²) < 4.78 is 11.1. The largest absolute Gasteiger partial charge is 0.493 e. The van der Waals surface area contributed by atoms with Gasteiger partial charge in [-0.2, -0.15) is 0 Å². The molecule has 2 N–H and O–H groups in total. The molecule has 0 bridgehead atoms. The van der Waals surface area contributed by atoms with Crippen LogP contribution in [0.15, 0.2) is 6.07 Å². The van der Waals surface area contributed by atoms with Crippen LogP contribution in [0.25, 0.3) is 0 Å². The smallest absolute Gasteiger partial charge is 0.165 e. The van der Waals surface area contributed by atoms with Crippen molar-refractivity contribution in [2.24, 2.45) is 5.73 Å². The minimum Gasteiger partial charge on any atom is -0.493 e. The van der Waals surface area contributed by atoms with Crippen LogP contribution in [-0.4, -0.2) is 20.8 Å². The Kier molecular flexibility index (Phi) is 4.26. The van der Waals surface area contributed by atoms with Crippen LogP contribution in [0.4, 0.5) is 0 Å². The van der Waals surface area contributed by atoms with E-state index in [1.165, 1.54) is 12.8 Å². The van der Waals surface area contributed by atoms with E-state index < -0.39 is 0 Å². The number of rotatable bonds is 4. The molecular weight excluding hydrogens is 262 g/mol. The lowest BCUT2D eigenvalue weighted by Gasteiger charge is -2.31. The third-order valence-corrected chi connectivity index (χ3v) is 4.74. The van der Waals surface area contributed by atoms with Gasteiger partial charge < -0.3 is 15.2 Å². The van der Waals surface area contributed by atoms with Crippen molar-refractivity contribution in [3.63, 3.8) is 0 Å². The van der Waals surface area contributed by atoms with Crippen LogP contribution in [0.2, 0.25) is 5.02 Å². The van der Waals surface area contributed by atoms with Gasteiger partial charge in [-0.15, -0.1) is 0 Å². The first-order chi connectivity index (χ1) is 9.09. The number of hydrogen-bond donors (Lipinski definition) is 1. The number of benzene rings is 1. The second-order valence-electron chi connectivity index (χ2n) is 5.29. The van der Waals surface area contributed by atoms with E-state index in [0.29, 0.717) is 11.6 Å². The van der Waals surface area contributed by atoms with Crippen LogP contribution >= 0.6 is 11.6 Å². The quantitative estimate of drug-likeness (QED) is 0.921. The lowest BCUT2D eigenvalue weighted by molar-refractivity contribution is 0.335. The Morgan fingerprint density at radius 1 is 1.21 bits per heavy atom. The summed E-state index contributed by atoms with van der Waals surface area (Å²) in [7, 11) is 3.32. The molecule has 0 amide bonds. The van der Waals surface area contributed by atoms with Crippen LogP contribution < -0.4 is 15.2 Å². The highest BCUT2D eigenvalue weighted by molar-refractivity contribution is 6.31. The molecule has 1 fully saturated rings. The van der Waals surface area contributed by atoms with Crippen molar-refractivity contribution in [2.45, 2.75) is 38.0 Å². The van der Waals surface area contributed by atoms with Gasteiger partial charge in [-0.1, -0.05) is 24.4 Å². The highest BCUT2D eigenvalue weighted by Gasteiger charge is 2.38. The van der Waals surface area contributed by atoms with Gasteiger partial charge in [0, 0.05) is 28.1 Å². The van der Waals surface area contributed by atoms with Crippen LogP contribution in [0.3, 0.4) is 0 Å². The summed E-state index contributed by atoms with van der Waals surface area (Å²) in [5.74, 6) is 1.52. The van der Waals surface area contributed by atoms with Crippen LogP contribution in [0.5, 0.6) is 11.5 Å². The Bertz CT molecular complexity index is 468. The van der Waals surface area contributed by atoms with E-state index in [2.05, 4.69) is 0 Å². The van der Waals surface area contributed by atoms with Gasteiger partial charge in [0.2, 0.25) is 0 Å².